The minimum Gasteiger partial charge on any atom is -0.377 e. The Morgan fingerprint density at radius 1 is 1.13 bits per heavy atom. The van der Waals surface area contributed by atoms with Crippen LogP contribution in [0.3, 0.4) is 0 Å². The number of anilines is 2. The fourth-order valence-electron chi connectivity index (χ4n) is 3.58. The molecule has 0 bridgehead atoms. The number of sulfone groups is 1. The van der Waals surface area contributed by atoms with Crippen molar-refractivity contribution >= 4 is 32.2 Å². The van der Waals surface area contributed by atoms with Gasteiger partial charge in [0, 0.05) is 24.0 Å². The normalized spacial score (nSPS) is 17.1. The van der Waals surface area contributed by atoms with Crippen molar-refractivity contribution in [2.45, 2.75) is 19.4 Å². The van der Waals surface area contributed by atoms with E-state index in [9.17, 15) is 21.6 Å². The van der Waals surface area contributed by atoms with Crippen LogP contribution in [0.1, 0.15) is 30.5 Å². The Morgan fingerprint density at radius 2 is 1.84 bits per heavy atom. The quantitative estimate of drug-likeness (QED) is 0.635. The Morgan fingerprint density at radius 3 is 2.55 bits per heavy atom. The molecule has 1 aromatic carbocycles. The maximum absolute atomic E-state index is 14.5. The summed E-state index contributed by atoms with van der Waals surface area (Å²) in [5, 5.41) is 11.6. The number of alkyl halides is 2. The monoisotopic (exact) mass is 451 g/mol. The molecular weight excluding hydrogens is 431 g/mol. The van der Waals surface area contributed by atoms with E-state index in [1.54, 1.807) is 13.1 Å². The summed E-state index contributed by atoms with van der Waals surface area (Å²) in [4.78, 5) is 6.23. The zero-order chi connectivity index (χ0) is 22.2. The second-order valence-electron chi connectivity index (χ2n) is 7.38. The number of pyridine rings is 1. The molecule has 0 aliphatic carbocycles. The summed E-state index contributed by atoms with van der Waals surface area (Å²) in [6.45, 7) is 2.38. The molecule has 1 saturated heterocycles. The van der Waals surface area contributed by atoms with Gasteiger partial charge in [-0.25, -0.2) is 26.6 Å². The molecule has 1 fully saturated rings. The van der Waals surface area contributed by atoms with Gasteiger partial charge in [-0.1, -0.05) is 18.2 Å². The summed E-state index contributed by atoms with van der Waals surface area (Å²) in [6.07, 6.45) is 0.156. The summed E-state index contributed by atoms with van der Waals surface area (Å²) < 4.78 is 64.0. The number of aromatic nitrogens is 3. The fraction of sp³-hybridized carbons (Fsp3) is 0.350. The van der Waals surface area contributed by atoms with Crippen molar-refractivity contribution in [2.24, 2.45) is 0 Å². The molecule has 1 N–H and O–H groups in total. The summed E-state index contributed by atoms with van der Waals surface area (Å²) in [6, 6.07) is 5.10. The predicted molar refractivity (Wildman–Crippen MR) is 112 cm³/mol. The number of nitrogens with zero attached hydrogens (tertiary/aromatic N) is 4. The maximum atomic E-state index is 14.5. The van der Waals surface area contributed by atoms with Crippen LogP contribution < -0.4 is 10.2 Å². The van der Waals surface area contributed by atoms with E-state index >= 15 is 0 Å². The van der Waals surface area contributed by atoms with Gasteiger partial charge >= 0.3 is 0 Å². The van der Waals surface area contributed by atoms with Crippen molar-refractivity contribution in [3.05, 3.63) is 53.6 Å². The lowest BCUT2D eigenvalue weighted by Crippen LogP contribution is -2.40. The molecule has 11 heteroatoms. The number of rotatable bonds is 5. The highest BCUT2D eigenvalue weighted by Gasteiger charge is 2.23. The first-order valence-electron chi connectivity index (χ1n) is 9.65. The highest BCUT2D eigenvalue weighted by atomic mass is 32.2. The molecule has 3 aromatic rings. The van der Waals surface area contributed by atoms with Crippen LogP contribution in [-0.2, 0) is 9.84 Å². The highest BCUT2D eigenvalue weighted by molar-refractivity contribution is 7.91. The van der Waals surface area contributed by atoms with E-state index in [2.05, 4.69) is 20.5 Å². The number of hydrogen-bond acceptors (Lipinski definition) is 7. The van der Waals surface area contributed by atoms with Crippen molar-refractivity contribution in [1.82, 2.24) is 15.2 Å². The van der Waals surface area contributed by atoms with E-state index in [1.807, 2.05) is 11.0 Å². The van der Waals surface area contributed by atoms with Gasteiger partial charge in [0.2, 0.25) is 0 Å². The number of benzene rings is 1. The van der Waals surface area contributed by atoms with Crippen LogP contribution in [0.15, 0.2) is 36.7 Å². The summed E-state index contributed by atoms with van der Waals surface area (Å²) in [7, 11) is -3.02. The van der Waals surface area contributed by atoms with Gasteiger partial charge in [0.1, 0.15) is 5.82 Å². The van der Waals surface area contributed by atoms with Crippen molar-refractivity contribution in [1.29, 1.82) is 0 Å². The molecule has 0 saturated carbocycles. The Hall–Kier alpha value is -2.95. The number of hydrogen-bond donors (Lipinski definition) is 1. The maximum Gasteiger partial charge on any atom is 0.266 e. The molecule has 1 atom stereocenters. The standard InChI is InChI=1S/C20H20F3N5O2S/c1-12(14-3-2-4-15(18(14)21)19(22)23)26-17-11-25-27-20-16(17)9-13(10-24-20)28-5-7-31(29,30)8-6-28/h2-4,9-12,19H,5-8H2,1H3,(H,24,26,27)/t12-/m1/s1. The second kappa shape index (κ2) is 8.29. The molecule has 3 heterocycles. The average molecular weight is 451 g/mol. The largest absolute Gasteiger partial charge is 0.377 e. The lowest BCUT2D eigenvalue weighted by Gasteiger charge is -2.28. The van der Waals surface area contributed by atoms with Gasteiger partial charge in [-0.3, -0.25) is 0 Å². The Kier molecular flexibility index (Phi) is 5.69. The topological polar surface area (TPSA) is 88.1 Å². The molecule has 1 aliphatic rings. The summed E-state index contributed by atoms with van der Waals surface area (Å²) >= 11 is 0. The lowest BCUT2D eigenvalue weighted by atomic mass is 10.0. The molecule has 4 rings (SSSR count). The third-order valence-corrected chi connectivity index (χ3v) is 6.93. The first kappa shape index (κ1) is 21.3. The molecular formula is C20H20F3N5O2S. The smallest absolute Gasteiger partial charge is 0.266 e. The van der Waals surface area contributed by atoms with Crippen molar-refractivity contribution in [3.63, 3.8) is 0 Å². The SMILES string of the molecule is C[C@@H](Nc1cnnc2ncc(N3CCS(=O)(=O)CC3)cc12)c1cccc(C(F)F)c1F. The fourth-order valence-corrected chi connectivity index (χ4v) is 4.78. The number of fused-ring (bicyclic) bond motifs is 1. The molecule has 2 aromatic heterocycles. The highest BCUT2D eigenvalue weighted by Crippen LogP contribution is 2.31. The Balaban J connectivity index is 1.64. The predicted octanol–water partition coefficient (Wildman–Crippen LogP) is 3.51. The molecule has 0 spiro atoms. The summed E-state index contributed by atoms with van der Waals surface area (Å²) in [5.74, 6) is -0.805. The summed E-state index contributed by atoms with van der Waals surface area (Å²) in [5.41, 5.74) is 1.06. The van der Waals surface area contributed by atoms with Gasteiger partial charge < -0.3 is 10.2 Å². The zero-order valence-corrected chi connectivity index (χ0v) is 17.4. The van der Waals surface area contributed by atoms with Crippen LogP contribution in [0.25, 0.3) is 11.0 Å². The van der Waals surface area contributed by atoms with Crippen LogP contribution in [0.4, 0.5) is 24.5 Å². The van der Waals surface area contributed by atoms with Crippen LogP contribution in [-0.4, -0.2) is 48.2 Å². The van der Waals surface area contributed by atoms with Gasteiger partial charge in [-0.2, -0.15) is 5.10 Å². The van der Waals surface area contributed by atoms with E-state index in [0.717, 1.165) is 11.8 Å². The zero-order valence-electron chi connectivity index (χ0n) is 16.6. The van der Waals surface area contributed by atoms with Crippen molar-refractivity contribution < 1.29 is 21.6 Å². The second-order valence-corrected chi connectivity index (χ2v) is 9.68. The molecule has 164 valence electrons. The third kappa shape index (κ3) is 4.41. The Bertz CT molecular complexity index is 1210. The van der Waals surface area contributed by atoms with Gasteiger partial charge in [0.25, 0.3) is 6.43 Å². The Labute approximate surface area is 177 Å². The van der Waals surface area contributed by atoms with Gasteiger partial charge in [0.05, 0.1) is 46.9 Å². The van der Waals surface area contributed by atoms with Gasteiger partial charge in [-0.15, -0.1) is 5.10 Å². The first-order chi connectivity index (χ1) is 14.7. The van der Waals surface area contributed by atoms with E-state index < -0.39 is 33.7 Å². The van der Waals surface area contributed by atoms with E-state index in [-0.39, 0.29) is 17.1 Å². The lowest BCUT2D eigenvalue weighted by molar-refractivity contribution is 0.146. The van der Waals surface area contributed by atoms with Crippen LogP contribution >= 0.6 is 0 Å². The molecule has 0 unspecified atom stereocenters. The minimum atomic E-state index is -3.02. The molecule has 7 nitrogen and oxygen atoms in total. The first-order valence-corrected chi connectivity index (χ1v) is 11.5. The molecule has 0 amide bonds. The minimum absolute atomic E-state index is 0.0710. The van der Waals surface area contributed by atoms with E-state index in [4.69, 9.17) is 0 Å². The number of halogens is 3. The number of nitrogens with one attached hydrogen (secondary N) is 1. The van der Waals surface area contributed by atoms with Crippen LogP contribution in [0, 0.1) is 5.82 Å². The molecule has 0 radical (unpaired) electrons. The van der Waals surface area contributed by atoms with Crippen LogP contribution in [0.2, 0.25) is 0 Å². The van der Waals surface area contributed by atoms with Crippen LogP contribution in [0.5, 0.6) is 0 Å². The third-order valence-electron chi connectivity index (χ3n) is 5.32. The van der Waals surface area contributed by atoms with Gasteiger partial charge in [0.15, 0.2) is 15.5 Å². The van der Waals surface area contributed by atoms with E-state index in [1.165, 1.54) is 18.3 Å². The van der Waals surface area contributed by atoms with Crippen molar-refractivity contribution in [2.75, 3.05) is 34.8 Å². The molecule has 1 aliphatic heterocycles. The van der Waals surface area contributed by atoms with Crippen molar-refractivity contribution in [3.8, 4) is 0 Å². The average Bonchev–Trinajstić information content (AvgIpc) is 2.73. The van der Waals surface area contributed by atoms with E-state index in [0.29, 0.717) is 29.8 Å². The molecule has 31 heavy (non-hydrogen) atoms. The van der Waals surface area contributed by atoms with Gasteiger partial charge in [-0.05, 0) is 13.0 Å².